The summed E-state index contributed by atoms with van der Waals surface area (Å²) >= 11 is 1.94. The number of allylic oxidation sites excluding steroid dienone is 7. The van der Waals surface area contributed by atoms with E-state index in [1.54, 1.807) is 0 Å². The molecule has 93 heavy (non-hydrogen) atoms. The van der Waals surface area contributed by atoms with Crippen LogP contribution < -0.4 is 51.7 Å². The van der Waals surface area contributed by atoms with Gasteiger partial charge in [0.2, 0.25) is 13.4 Å². The van der Waals surface area contributed by atoms with Gasteiger partial charge in [-0.25, -0.2) is 0 Å². The number of rotatable bonds is 11. The minimum absolute atomic E-state index is 0.0338. The van der Waals surface area contributed by atoms with Crippen LogP contribution in [0.5, 0.6) is 5.75 Å². The first-order valence-corrected chi connectivity index (χ1v) is 33.6. The smallest absolute Gasteiger partial charge is 0.249 e. The van der Waals surface area contributed by atoms with Gasteiger partial charge in [-0.1, -0.05) is 247 Å². The number of hydrogen-bond acceptors (Lipinski definition) is 6. The van der Waals surface area contributed by atoms with Crippen LogP contribution in [0.25, 0.3) is 27.8 Å². The quantitative estimate of drug-likeness (QED) is 0.120. The van der Waals surface area contributed by atoms with Gasteiger partial charge in [0.05, 0.1) is 17.8 Å². The van der Waals surface area contributed by atoms with E-state index < -0.39 is 0 Å². The summed E-state index contributed by atoms with van der Waals surface area (Å²) in [7, 11) is 0. The summed E-state index contributed by atoms with van der Waals surface area (Å²) < 4.78 is 7.40. The molecule has 0 amide bonds. The highest BCUT2D eigenvalue weighted by atomic mass is 32.2. The molecule has 4 heterocycles. The van der Waals surface area contributed by atoms with Crippen molar-refractivity contribution in [1.82, 2.24) is 0 Å². The van der Waals surface area contributed by atoms with Crippen molar-refractivity contribution in [1.29, 1.82) is 0 Å². The Morgan fingerprint density at radius 1 is 0.484 bits per heavy atom. The fraction of sp³-hybridized carbons (Fsp3) is 0.0824. The Morgan fingerprint density at radius 3 is 1.85 bits per heavy atom. The Hall–Kier alpha value is -10.7. The molecule has 3 aliphatic carbocycles. The average molecular weight is 1210 g/mol. The lowest BCUT2D eigenvalue weighted by Crippen LogP contribution is -2.65. The van der Waals surface area contributed by atoms with Crippen molar-refractivity contribution in [3.63, 3.8) is 0 Å². The molecule has 18 rings (SSSR count). The summed E-state index contributed by atoms with van der Waals surface area (Å²) in [6.07, 6.45) is 23.8. The summed E-state index contributed by atoms with van der Waals surface area (Å²) in [5.74, 6) is 1.81. The van der Waals surface area contributed by atoms with Crippen molar-refractivity contribution in [2.24, 2.45) is 0 Å². The van der Waals surface area contributed by atoms with Gasteiger partial charge in [0.15, 0.2) is 0 Å². The molecule has 11 aromatic carbocycles. The zero-order valence-electron chi connectivity index (χ0n) is 51.6. The largest absolute Gasteiger partial charge is 0.463 e. The molecular formula is C85H64B2N4OS. The van der Waals surface area contributed by atoms with Crippen LogP contribution in [0.3, 0.4) is 0 Å². The summed E-state index contributed by atoms with van der Waals surface area (Å²) in [5, 5.41) is 0. The predicted octanol–water partition coefficient (Wildman–Crippen LogP) is 18.4. The van der Waals surface area contributed by atoms with E-state index in [4.69, 9.17) is 4.74 Å². The molecule has 0 radical (unpaired) electrons. The molecule has 0 fully saturated rings. The topological polar surface area (TPSA) is 22.2 Å². The fourth-order valence-corrected chi connectivity index (χ4v) is 17.2. The van der Waals surface area contributed by atoms with Crippen LogP contribution in [0, 0.1) is 6.92 Å². The third kappa shape index (κ3) is 9.40. The molecule has 3 atom stereocenters. The van der Waals surface area contributed by atoms with Gasteiger partial charge in [-0.2, -0.15) is 0 Å². The zero-order valence-corrected chi connectivity index (χ0v) is 52.5. The highest BCUT2D eigenvalue weighted by Crippen LogP contribution is 2.53. The van der Waals surface area contributed by atoms with Gasteiger partial charge in [-0.3, -0.25) is 0 Å². The molecule has 0 bridgehead atoms. The van der Waals surface area contributed by atoms with Gasteiger partial charge in [0.25, 0.3) is 0 Å². The number of benzene rings is 11. The van der Waals surface area contributed by atoms with E-state index in [0.29, 0.717) is 0 Å². The van der Waals surface area contributed by atoms with Gasteiger partial charge < -0.3 is 24.3 Å². The molecule has 7 aliphatic rings. The lowest BCUT2D eigenvalue weighted by Gasteiger charge is -2.51. The van der Waals surface area contributed by atoms with Crippen LogP contribution in [0.15, 0.2) is 337 Å². The highest BCUT2D eigenvalue weighted by molar-refractivity contribution is 8.00. The molecule has 8 heteroatoms. The first kappa shape index (κ1) is 55.2. The SMILES string of the molecule is Cc1cccc(-c2ccccc2)c1N1c2cc3c(cc2B2c4ccccc4OC4=CC(N(c5ccccc5)c5ccccc5)=CC1C24)B1c2ccccc2N(C2C=CC=CC2)c2cc(N(c4ccc(C5=CC=CCC5)cc4)c4ccc(-c5ccccc5)cc4)cc(c21)S3. The van der Waals surface area contributed by atoms with Crippen molar-refractivity contribution >= 4 is 109 Å². The molecule has 0 spiro atoms. The third-order valence-electron chi connectivity index (χ3n) is 20.1. The van der Waals surface area contributed by atoms with Crippen LogP contribution in [0.4, 0.5) is 51.2 Å². The van der Waals surface area contributed by atoms with E-state index in [-0.39, 0.29) is 31.3 Å². The molecule has 0 saturated carbocycles. The van der Waals surface area contributed by atoms with Crippen molar-refractivity contribution in [3.8, 4) is 28.0 Å². The Kier molecular flexibility index (Phi) is 13.6. The van der Waals surface area contributed by atoms with Crippen LogP contribution in [-0.2, 0) is 0 Å². The molecule has 0 saturated heterocycles. The number of anilines is 9. The van der Waals surface area contributed by atoms with Gasteiger partial charge in [-0.05, 0) is 167 Å². The van der Waals surface area contributed by atoms with E-state index in [1.165, 1.54) is 98.8 Å². The van der Waals surface area contributed by atoms with E-state index in [1.807, 2.05) is 11.8 Å². The predicted molar refractivity (Wildman–Crippen MR) is 393 cm³/mol. The van der Waals surface area contributed by atoms with E-state index in [2.05, 4.69) is 342 Å². The second kappa shape index (κ2) is 22.9. The first-order valence-electron chi connectivity index (χ1n) is 32.8. The summed E-state index contributed by atoms with van der Waals surface area (Å²) in [6, 6.07) is 97.1. The third-order valence-corrected chi connectivity index (χ3v) is 21.2. The zero-order chi connectivity index (χ0) is 61.5. The molecule has 11 aromatic rings. The standard InChI is InChI=1S/C85H64B2N4OS/c1-57-25-24-38-70(62-30-12-4-13-31-62)85(57)91-76-56-81-74(55-73(76)87-72-40-21-23-42-79(72)92-80-53-68(51-77(91)83(80)87)88(63-32-14-5-15-33-63)64-34-16-6-17-35-64)86-71-39-20-22-41-75(71)90(65-36-18-7-19-37-65)78-52-69(54-82(93-81)84(78)86)89(66-47-43-60(44-48-66)58-26-8-2-9-27-58)67-49-45-61(46-50-67)59-28-10-3-11-29-59/h2-10,12-28,30-36,38-56,65,77,83H,11,29,37H2,1H3. The van der Waals surface area contributed by atoms with Crippen LogP contribution in [-0.4, -0.2) is 25.5 Å². The fourth-order valence-electron chi connectivity index (χ4n) is 16.0. The number of aryl methyl sites for hydroxylation is 1. The van der Waals surface area contributed by atoms with E-state index in [0.717, 1.165) is 64.9 Å². The monoisotopic (exact) mass is 1210 g/mol. The molecule has 0 aromatic heterocycles. The molecule has 442 valence electrons. The highest BCUT2D eigenvalue weighted by Gasteiger charge is 2.54. The van der Waals surface area contributed by atoms with Crippen molar-refractivity contribution < 1.29 is 4.74 Å². The van der Waals surface area contributed by atoms with Crippen molar-refractivity contribution in [2.75, 3.05) is 19.6 Å². The maximum absolute atomic E-state index is 7.40. The van der Waals surface area contributed by atoms with Crippen LogP contribution >= 0.6 is 11.8 Å². The first-order chi connectivity index (χ1) is 46.1. The number of ether oxygens (including phenoxy) is 1. The Labute approximate surface area is 550 Å². The number of nitrogens with zero attached hydrogens (tertiary/aromatic N) is 4. The normalized spacial score (nSPS) is 17.5. The number of hydrogen-bond donors (Lipinski definition) is 0. The molecule has 5 nitrogen and oxygen atoms in total. The van der Waals surface area contributed by atoms with Crippen LogP contribution in [0.1, 0.15) is 30.4 Å². The average Bonchev–Trinajstić information content (AvgIpc) is 0.700. The number of para-hydroxylation sites is 5. The maximum atomic E-state index is 7.40. The molecule has 0 N–H and O–H groups in total. The Balaban J connectivity index is 0.883. The van der Waals surface area contributed by atoms with Crippen molar-refractivity contribution in [3.05, 3.63) is 338 Å². The summed E-state index contributed by atoms with van der Waals surface area (Å²) in [5.41, 5.74) is 26.7. The summed E-state index contributed by atoms with van der Waals surface area (Å²) in [4.78, 5) is 12.8. The van der Waals surface area contributed by atoms with Gasteiger partial charge in [0.1, 0.15) is 11.5 Å². The molecular weight excluding hydrogens is 1150 g/mol. The van der Waals surface area contributed by atoms with E-state index in [9.17, 15) is 0 Å². The molecule has 3 unspecified atom stereocenters. The van der Waals surface area contributed by atoms with Crippen LogP contribution in [0.2, 0.25) is 5.82 Å². The van der Waals surface area contributed by atoms with Gasteiger partial charge in [0, 0.05) is 72.4 Å². The Morgan fingerprint density at radius 2 is 1.14 bits per heavy atom. The second-order valence-corrected chi connectivity index (χ2v) is 26.4. The van der Waals surface area contributed by atoms with Gasteiger partial charge in [-0.15, -0.1) is 0 Å². The Bertz CT molecular complexity index is 4910. The second-order valence-electron chi connectivity index (χ2n) is 25.3. The maximum Gasteiger partial charge on any atom is 0.249 e. The van der Waals surface area contributed by atoms with Crippen molar-refractivity contribution in [2.45, 2.75) is 53.9 Å². The number of fused-ring (bicyclic) bond motifs is 8. The lowest BCUT2D eigenvalue weighted by molar-refractivity contribution is 0.385. The van der Waals surface area contributed by atoms with Gasteiger partial charge >= 0.3 is 0 Å². The summed E-state index contributed by atoms with van der Waals surface area (Å²) in [6.45, 7) is 2.21. The van der Waals surface area contributed by atoms with E-state index >= 15 is 0 Å². The minimum Gasteiger partial charge on any atom is -0.463 e. The minimum atomic E-state index is -0.179. The lowest BCUT2D eigenvalue weighted by atomic mass is 9.28. The molecule has 4 aliphatic heterocycles.